The predicted molar refractivity (Wildman–Crippen MR) is 105 cm³/mol. The fourth-order valence-corrected chi connectivity index (χ4v) is 2.90. The average Bonchev–Trinajstić information content (AvgIpc) is 2.91. The van der Waals surface area contributed by atoms with E-state index in [0.717, 1.165) is 16.8 Å². The maximum atomic E-state index is 12.5. The summed E-state index contributed by atoms with van der Waals surface area (Å²) >= 11 is 0. The van der Waals surface area contributed by atoms with Crippen molar-refractivity contribution in [2.75, 3.05) is 19.7 Å². The van der Waals surface area contributed by atoms with Gasteiger partial charge in [0.1, 0.15) is 5.56 Å². The maximum absolute atomic E-state index is 12.5. The minimum atomic E-state index is -0.524. The summed E-state index contributed by atoms with van der Waals surface area (Å²) < 4.78 is 7.05. The van der Waals surface area contributed by atoms with E-state index in [1.54, 1.807) is 16.5 Å². The van der Waals surface area contributed by atoms with E-state index in [0.29, 0.717) is 30.9 Å². The topological polar surface area (TPSA) is 64.4 Å². The smallest absolute Gasteiger partial charge is 0.342 e. The first-order valence-corrected chi connectivity index (χ1v) is 9.00. The van der Waals surface area contributed by atoms with Gasteiger partial charge in [0.15, 0.2) is 6.61 Å². The first kappa shape index (κ1) is 20.4. The number of amides is 1. The lowest BCUT2D eigenvalue weighted by molar-refractivity contribution is -0.133. The Bertz CT molecular complexity index is 825. The Balaban J connectivity index is 2.06. The van der Waals surface area contributed by atoms with Gasteiger partial charge in [0.25, 0.3) is 5.91 Å². The first-order valence-electron chi connectivity index (χ1n) is 9.00. The molecule has 0 aliphatic heterocycles. The van der Waals surface area contributed by atoms with Crippen LogP contribution in [0.4, 0.5) is 0 Å². The van der Waals surface area contributed by atoms with E-state index in [1.807, 2.05) is 51.1 Å². The number of hydrogen-bond donors (Lipinski definition) is 0. The number of benzene rings is 1. The molecule has 0 fully saturated rings. The summed E-state index contributed by atoms with van der Waals surface area (Å²) in [5.74, 6) is -0.759. The lowest BCUT2D eigenvalue weighted by Crippen LogP contribution is -2.35. The molecular weight excluding hydrogens is 342 g/mol. The van der Waals surface area contributed by atoms with Crippen molar-refractivity contribution in [2.45, 2.75) is 34.2 Å². The molecule has 0 N–H and O–H groups in total. The highest BCUT2D eigenvalue weighted by molar-refractivity contribution is 5.93. The molecule has 0 unspecified atom stereocenters. The van der Waals surface area contributed by atoms with E-state index in [1.165, 1.54) is 0 Å². The van der Waals surface area contributed by atoms with E-state index < -0.39 is 5.97 Å². The van der Waals surface area contributed by atoms with E-state index in [-0.39, 0.29) is 12.5 Å². The van der Waals surface area contributed by atoms with Crippen molar-refractivity contribution >= 4 is 11.9 Å². The van der Waals surface area contributed by atoms with Crippen LogP contribution in [-0.4, -0.2) is 46.3 Å². The van der Waals surface area contributed by atoms with Gasteiger partial charge in [-0.05, 0) is 33.3 Å². The Morgan fingerprint density at radius 3 is 2.48 bits per heavy atom. The van der Waals surface area contributed by atoms with Gasteiger partial charge in [-0.25, -0.2) is 4.79 Å². The normalized spacial score (nSPS) is 10.5. The van der Waals surface area contributed by atoms with Crippen LogP contribution < -0.4 is 0 Å². The number of nitrogens with zero attached hydrogens (tertiary/aromatic N) is 3. The Kier molecular flexibility index (Phi) is 6.93. The standard InChI is InChI=1S/C21H27N3O3/c1-6-23(12-15(2)3)19(25)14-27-21(26)20-16(4)22-24(17(20)5)13-18-10-8-7-9-11-18/h7-11H,2,6,12-14H2,1,3-5H3. The molecule has 0 atom stereocenters. The van der Waals surface area contributed by atoms with Crippen molar-refractivity contribution in [3.8, 4) is 0 Å². The fraction of sp³-hybridized carbons (Fsp3) is 0.381. The zero-order chi connectivity index (χ0) is 20.0. The third-order valence-electron chi connectivity index (χ3n) is 4.28. The van der Waals surface area contributed by atoms with Crippen LogP contribution in [-0.2, 0) is 16.1 Å². The summed E-state index contributed by atoms with van der Waals surface area (Å²) in [6.07, 6.45) is 0. The van der Waals surface area contributed by atoms with E-state index in [4.69, 9.17) is 4.74 Å². The second kappa shape index (κ2) is 9.16. The van der Waals surface area contributed by atoms with Crippen LogP contribution in [0.3, 0.4) is 0 Å². The molecule has 6 heteroatoms. The molecule has 6 nitrogen and oxygen atoms in total. The van der Waals surface area contributed by atoms with Gasteiger partial charge in [0, 0.05) is 13.1 Å². The molecule has 0 bridgehead atoms. The van der Waals surface area contributed by atoms with Gasteiger partial charge in [0.2, 0.25) is 0 Å². The lowest BCUT2D eigenvalue weighted by atomic mass is 10.2. The number of ether oxygens (including phenoxy) is 1. The molecule has 0 aliphatic carbocycles. The summed E-state index contributed by atoms with van der Waals surface area (Å²) in [7, 11) is 0. The van der Waals surface area contributed by atoms with Gasteiger partial charge >= 0.3 is 5.97 Å². The van der Waals surface area contributed by atoms with Crippen LogP contribution in [0.2, 0.25) is 0 Å². The molecule has 1 amide bonds. The van der Waals surface area contributed by atoms with Crippen LogP contribution in [0.5, 0.6) is 0 Å². The Hall–Kier alpha value is -2.89. The molecule has 0 saturated heterocycles. The van der Waals surface area contributed by atoms with Gasteiger partial charge < -0.3 is 9.64 Å². The van der Waals surface area contributed by atoms with Crippen molar-refractivity contribution in [1.29, 1.82) is 0 Å². The van der Waals surface area contributed by atoms with E-state index in [2.05, 4.69) is 11.7 Å². The third-order valence-corrected chi connectivity index (χ3v) is 4.28. The first-order chi connectivity index (χ1) is 12.8. The van der Waals surface area contributed by atoms with Crippen molar-refractivity contribution < 1.29 is 14.3 Å². The SMILES string of the molecule is C=C(C)CN(CC)C(=O)COC(=O)c1c(C)nn(Cc2ccccc2)c1C. The second-order valence-electron chi connectivity index (χ2n) is 6.63. The highest BCUT2D eigenvalue weighted by atomic mass is 16.5. The summed E-state index contributed by atoms with van der Waals surface area (Å²) in [6, 6.07) is 9.90. The van der Waals surface area contributed by atoms with Crippen molar-refractivity contribution in [3.63, 3.8) is 0 Å². The number of aromatic nitrogens is 2. The Labute approximate surface area is 160 Å². The number of carbonyl (C=O) groups excluding carboxylic acids is 2. The molecule has 1 heterocycles. The van der Waals surface area contributed by atoms with Crippen LogP contribution in [0.25, 0.3) is 0 Å². The predicted octanol–water partition coefficient (Wildman–Crippen LogP) is 3.13. The molecule has 0 radical (unpaired) electrons. The van der Waals surface area contributed by atoms with Crippen molar-refractivity contribution in [2.24, 2.45) is 0 Å². The van der Waals surface area contributed by atoms with Crippen molar-refractivity contribution in [3.05, 3.63) is 65.0 Å². The van der Waals surface area contributed by atoms with Gasteiger partial charge in [0.05, 0.1) is 17.9 Å². The number of likely N-dealkylation sites (N-methyl/N-ethyl adjacent to an activating group) is 1. The Morgan fingerprint density at radius 1 is 1.22 bits per heavy atom. The molecule has 2 rings (SSSR count). The fourth-order valence-electron chi connectivity index (χ4n) is 2.90. The van der Waals surface area contributed by atoms with Gasteiger partial charge in [-0.2, -0.15) is 5.10 Å². The van der Waals surface area contributed by atoms with Gasteiger partial charge in [-0.3, -0.25) is 9.48 Å². The molecule has 27 heavy (non-hydrogen) atoms. The summed E-state index contributed by atoms with van der Waals surface area (Å²) in [5, 5.41) is 4.45. The second-order valence-corrected chi connectivity index (χ2v) is 6.63. The van der Waals surface area contributed by atoms with E-state index >= 15 is 0 Å². The van der Waals surface area contributed by atoms with Gasteiger partial charge in [-0.1, -0.05) is 42.5 Å². The summed E-state index contributed by atoms with van der Waals surface area (Å²) in [5.41, 5.74) is 3.71. The summed E-state index contributed by atoms with van der Waals surface area (Å²) in [6.45, 7) is 12.4. The van der Waals surface area contributed by atoms with Crippen LogP contribution in [0.15, 0.2) is 42.5 Å². The highest BCUT2D eigenvalue weighted by Crippen LogP contribution is 2.16. The summed E-state index contributed by atoms with van der Waals surface area (Å²) in [4.78, 5) is 26.4. The van der Waals surface area contributed by atoms with Crippen LogP contribution in [0, 0.1) is 13.8 Å². The number of aryl methyl sites for hydroxylation is 1. The quantitative estimate of drug-likeness (QED) is 0.530. The number of esters is 1. The van der Waals surface area contributed by atoms with Gasteiger partial charge in [-0.15, -0.1) is 0 Å². The number of carbonyl (C=O) groups is 2. The largest absolute Gasteiger partial charge is 0.452 e. The lowest BCUT2D eigenvalue weighted by Gasteiger charge is -2.20. The molecule has 0 aliphatic rings. The number of rotatable bonds is 8. The van der Waals surface area contributed by atoms with E-state index in [9.17, 15) is 9.59 Å². The van der Waals surface area contributed by atoms with Crippen LogP contribution >= 0.6 is 0 Å². The molecule has 1 aromatic heterocycles. The minimum Gasteiger partial charge on any atom is -0.452 e. The Morgan fingerprint density at radius 2 is 1.89 bits per heavy atom. The van der Waals surface area contributed by atoms with Crippen LogP contribution in [0.1, 0.15) is 41.2 Å². The molecular formula is C21H27N3O3. The molecule has 0 saturated carbocycles. The maximum Gasteiger partial charge on any atom is 0.342 e. The number of hydrogen-bond acceptors (Lipinski definition) is 4. The third kappa shape index (κ3) is 5.29. The monoisotopic (exact) mass is 369 g/mol. The minimum absolute atomic E-state index is 0.235. The molecule has 2 aromatic rings. The van der Waals surface area contributed by atoms with Crippen molar-refractivity contribution in [1.82, 2.24) is 14.7 Å². The average molecular weight is 369 g/mol. The molecule has 1 aromatic carbocycles. The highest BCUT2D eigenvalue weighted by Gasteiger charge is 2.22. The molecule has 144 valence electrons. The zero-order valence-electron chi connectivity index (χ0n) is 16.5. The molecule has 0 spiro atoms. The zero-order valence-corrected chi connectivity index (χ0v) is 16.5.